The van der Waals surface area contributed by atoms with E-state index >= 15 is 0 Å². The van der Waals surface area contributed by atoms with Gasteiger partial charge in [0.05, 0.1) is 13.5 Å². The van der Waals surface area contributed by atoms with Gasteiger partial charge < -0.3 is 10.1 Å². The van der Waals surface area contributed by atoms with Gasteiger partial charge in [-0.3, -0.25) is 4.79 Å². The highest BCUT2D eigenvalue weighted by Crippen LogP contribution is 2.51. The van der Waals surface area contributed by atoms with Crippen molar-refractivity contribution in [3.05, 3.63) is 0 Å². The molecule has 21 heavy (non-hydrogen) atoms. The normalized spacial score (nSPS) is 26.8. The van der Waals surface area contributed by atoms with E-state index in [2.05, 4.69) is 24.0 Å². The fraction of sp³-hybridized carbons (Fsp3) is 0.941. The number of carbonyl (C=O) groups excluding carboxylic acids is 1. The second kappa shape index (κ2) is 8.42. The summed E-state index contributed by atoms with van der Waals surface area (Å²) in [5.41, 5.74) is 0.285. The summed E-state index contributed by atoms with van der Waals surface area (Å²) in [6, 6.07) is 0.760. The lowest BCUT2D eigenvalue weighted by Gasteiger charge is -2.21. The molecule has 2 atom stereocenters. The van der Waals surface area contributed by atoms with Crippen molar-refractivity contribution in [3.8, 4) is 0 Å². The predicted molar refractivity (Wildman–Crippen MR) is 89.7 cm³/mol. The van der Waals surface area contributed by atoms with Gasteiger partial charge in [-0.15, -0.1) is 0 Å². The minimum atomic E-state index is -0.0345. The van der Waals surface area contributed by atoms with Gasteiger partial charge >= 0.3 is 5.97 Å². The first-order valence-corrected chi connectivity index (χ1v) is 9.72. The number of carbonyl (C=O) groups is 1. The molecule has 2 aliphatic rings. The van der Waals surface area contributed by atoms with Crippen molar-refractivity contribution >= 4 is 17.7 Å². The van der Waals surface area contributed by atoms with Crippen molar-refractivity contribution in [1.29, 1.82) is 0 Å². The Morgan fingerprint density at radius 2 is 2.19 bits per heavy atom. The molecule has 2 saturated carbocycles. The number of nitrogens with one attached hydrogen (secondary N) is 1. The number of hydrogen-bond acceptors (Lipinski definition) is 4. The minimum absolute atomic E-state index is 0.0345. The van der Waals surface area contributed by atoms with Crippen molar-refractivity contribution < 1.29 is 9.53 Å². The molecular formula is C17H31NO2S. The Morgan fingerprint density at radius 3 is 2.86 bits per heavy atom. The van der Waals surface area contributed by atoms with Crippen LogP contribution in [0.3, 0.4) is 0 Å². The third kappa shape index (κ3) is 5.48. The van der Waals surface area contributed by atoms with Crippen LogP contribution in [0.15, 0.2) is 0 Å². The quantitative estimate of drug-likeness (QED) is 0.494. The summed E-state index contributed by atoms with van der Waals surface area (Å²) >= 11 is 2.05. The van der Waals surface area contributed by atoms with E-state index in [1.165, 1.54) is 57.8 Å². The molecular weight excluding hydrogens is 282 g/mol. The molecule has 0 spiro atoms. The highest BCUT2D eigenvalue weighted by atomic mass is 32.2. The minimum Gasteiger partial charge on any atom is -0.469 e. The van der Waals surface area contributed by atoms with E-state index in [1.54, 1.807) is 0 Å². The molecule has 0 aromatic heterocycles. The Morgan fingerprint density at radius 1 is 1.38 bits per heavy atom. The number of rotatable bonds is 10. The van der Waals surface area contributed by atoms with E-state index in [4.69, 9.17) is 4.74 Å². The number of thioether (sulfide) groups is 1. The maximum atomic E-state index is 11.4. The van der Waals surface area contributed by atoms with Gasteiger partial charge in [0.25, 0.3) is 0 Å². The first-order chi connectivity index (χ1) is 10.2. The number of methoxy groups -OCH3 is 1. The summed E-state index contributed by atoms with van der Waals surface area (Å²) in [7, 11) is 1.50. The zero-order chi connectivity index (χ0) is 15.1. The van der Waals surface area contributed by atoms with E-state index in [0.29, 0.717) is 6.42 Å². The van der Waals surface area contributed by atoms with Gasteiger partial charge in [0.2, 0.25) is 0 Å². The van der Waals surface area contributed by atoms with Gasteiger partial charge in [0.15, 0.2) is 0 Å². The first kappa shape index (κ1) is 17.1. The van der Waals surface area contributed by atoms with Crippen molar-refractivity contribution in [1.82, 2.24) is 5.32 Å². The molecule has 4 heteroatoms. The highest BCUT2D eigenvalue weighted by molar-refractivity contribution is 7.99. The Hall–Kier alpha value is -0.220. The Bertz CT molecular complexity index is 331. The summed E-state index contributed by atoms with van der Waals surface area (Å²) in [4.78, 5) is 11.4. The smallest absolute Gasteiger partial charge is 0.306 e. The average Bonchev–Trinajstić information content (AvgIpc) is 3.10. The molecule has 0 bridgehead atoms. The van der Waals surface area contributed by atoms with E-state index in [0.717, 1.165) is 24.3 Å². The lowest BCUT2D eigenvalue weighted by Crippen LogP contribution is -2.33. The van der Waals surface area contributed by atoms with E-state index in [-0.39, 0.29) is 11.4 Å². The first-order valence-electron chi connectivity index (χ1n) is 8.57. The van der Waals surface area contributed by atoms with Crippen molar-refractivity contribution in [2.75, 3.05) is 25.2 Å². The summed E-state index contributed by atoms with van der Waals surface area (Å²) in [6.45, 7) is 3.40. The van der Waals surface area contributed by atoms with Crippen molar-refractivity contribution in [2.24, 2.45) is 11.3 Å². The fourth-order valence-corrected chi connectivity index (χ4v) is 4.87. The van der Waals surface area contributed by atoms with Gasteiger partial charge in [0, 0.05) is 6.04 Å². The Kier molecular flexibility index (Phi) is 6.87. The summed E-state index contributed by atoms with van der Waals surface area (Å²) < 4.78 is 4.81. The van der Waals surface area contributed by atoms with E-state index < -0.39 is 0 Å². The summed E-state index contributed by atoms with van der Waals surface area (Å²) in [5, 5.41) is 3.71. The molecule has 0 aromatic rings. The molecule has 1 N–H and O–H groups in total. The molecule has 0 radical (unpaired) electrons. The second-order valence-corrected chi connectivity index (χ2v) is 7.95. The van der Waals surface area contributed by atoms with Gasteiger partial charge in [0.1, 0.15) is 0 Å². The van der Waals surface area contributed by atoms with Crippen LogP contribution in [-0.4, -0.2) is 37.2 Å². The average molecular weight is 314 g/mol. The van der Waals surface area contributed by atoms with Gasteiger partial charge in [-0.25, -0.2) is 0 Å². The van der Waals surface area contributed by atoms with Crippen LogP contribution in [0.5, 0.6) is 0 Å². The SMILES string of the molecule is CCCNC1CCCC1CCSCC1(CC(=O)OC)CC1. The molecule has 122 valence electrons. The standard InChI is InChI=1S/C17H31NO2S/c1-3-10-18-15-6-4-5-14(15)7-11-21-13-17(8-9-17)12-16(19)20-2/h14-15,18H,3-13H2,1-2H3. The van der Waals surface area contributed by atoms with Crippen LogP contribution in [-0.2, 0) is 9.53 Å². The third-order valence-electron chi connectivity index (χ3n) is 5.06. The van der Waals surface area contributed by atoms with Gasteiger partial charge in [-0.05, 0) is 67.9 Å². The van der Waals surface area contributed by atoms with Crippen LogP contribution in [0.4, 0.5) is 0 Å². The monoisotopic (exact) mass is 313 g/mol. The molecule has 0 aliphatic heterocycles. The van der Waals surface area contributed by atoms with Gasteiger partial charge in [-0.1, -0.05) is 13.3 Å². The number of esters is 1. The zero-order valence-corrected chi connectivity index (χ0v) is 14.5. The lowest BCUT2D eigenvalue weighted by molar-refractivity contribution is -0.141. The molecule has 0 heterocycles. The molecule has 2 unspecified atom stereocenters. The summed E-state index contributed by atoms with van der Waals surface area (Å²) in [5.74, 6) is 3.23. The number of hydrogen-bond donors (Lipinski definition) is 1. The van der Waals surface area contributed by atoms with Gasteiger partial charge in [-0.2, -0.15) is 11.8 Å². The molecule has 0 aromatic carbocycles. The largest absolute Gasteiger partial charge is 0.469 e. The zero-order valence-electron chi connectivity index (χ0n) is 13.7. The molecule has 0 saturated heterocycles. The second-order valence-electron chi connectivity index (χ2n) is 6.85. The molecule has 3 nitrogen and oxygen atoms in total. The highest BCUT2D eigenvalue weighted by Gasteiger charge is 2.44. The van der Waals surface area contributed by atoms with E-state index in [1.807, 2.05) is 0 Å². The van der Waals surface area contributed by atoms with Crippen molar-refractivity contribution in [3.63, 3.8) is 0 Å². The lowest BCUT2D eigenvalue weighted by atomic mass is 10.0. The maximum absolute atomic E-state index is 11.4. The van der Waals surface area contributed by atoms with Crippen LogP contribution in [0.25, 0.3) is 0 Å². The molecule has 0 amide bonds. The van der Waals surface area contributed by atoms with E-state index in [9.17, 15) is 4.79 Å². The van der Waals surface area contributed by atoms with Crippen molar-refractivity contribution in [2.45, 2.75) is 64.3 Å². The van der Waals surface area contributed by atoms with Crippen LogP contribution in [0, 0.1) is 11.3 Å². The van der Waals surface area contributed by atoms with Crippen LogP contribution < -0.4 is 5.32 Å². The van der Waals surface area contributed by atoms with Crippen LogP contribution >= 0.6 is 11.8 Å². The van der Waals surface area contributed by atoms with Crippen LogP contribution in [0.1, 0.15) is 58.3 Å². The molecule has 2 aliphatic carbocycles. The Balaban J connectivity index is 1.60. The fourth-order valence-electron chi connectivity index (χ4n) is 3.43. The maximum Gasteiger partial charge on any atom is 0.306 e. The molecule has 2 fully saturated rings. The number of ether oxygens (including phenoxy) is 1. The van der Waals surface area contributed by atoms with Crippen LogP contribution in [0.2, 0.25) is 0 Å². The molecule has 2 rings (SSSR count). The topological polar surface area (TPSA) is 38.3 Å². The summed E-state index contributed by atoms with van der Waals surface area (Å²) in [6.07, 6.45) is 9.76. The predicted octanol–water partition coefficient (Wildman–Crippen LogP) is 3.62. The Labute approximate surface area is 134 Å². The third-order valence-corrected chi connectivity index (χ3v) is 6.40.